The van der Waals surface area contributed by atoms with Crippen LogP contribution < -0.4 is 0 Å². The zero-order chi connectivity index (χ0) is 16.7. The van der Waals surface area contributed by atoms with Crippen LogP contribution in [0.3, 0.4) is 0 Å². The number of benzene rings is 2. The van der Waals surface area contributed by atoms with Crippen LogP contribution in [0.25, 0.3) is 5.69 Å². The zero-order valence-corrected chi connectivity index (χ0v) is 13.8. The van der Waals surface area contributed by atoms with Crippen LogP contribution in [0, 0.1) is 6.92 Å². The number of hydrogen-bond acceptors (Lipinski definition) is 4. The Bertz CT molecular complexity index is 933. The van der Waals surface area contributed by atoms with E-state index in [1.165, 1.54) is 0 Å². The van der Waals surface area contributed by atoms with Crippen molar-refractivity contribution in [3.63, 3.8) is 0 Å². The summed E-state index contributed by atoms with van der Waals surface area (Å²) in [6, 6.07) is 13.2. The summed E-state index contributed by atoms with van der Waals surface area (Å²) in [4.78, 5) is 4.81. The third-order valence-electron chi connectivity index (χ3n) is 4.25. The number of nitrogens with zero attached hydrogens (tertiary/aromatic N) is 4. The SMILES string of the molecule is Cc1c(Cl)ccc2c1C(c1ccccc1)=NC(CO)c1nncn1-2. The topological polar surface area (TPSA) is 63.3 Å². The first kappa shape index (κ1) is 15.1. The molecule has 0 fully saturated rings. The second-order valence-electron chi connectivity index (χ2n) is 5.67. The van der Waals surface area contributed by atoms with Crippen molar-refractivity contribution in [3.8, 4) is 5.69 Å². The number of aromatic nitrogens is 3. The average Bonchev–Trinajstić information content (AvgIpc) is 3.04. The highest BCUT2D eigenvalue weighted by atomic mass is 35.5. The third-order valence-corrected chi connectivity index (χ3v) is 4.66. The molecule has 1 N–H and O–H groups in total. The van der Waals surface area contributed by atoms with E-state index in [4.69, 9.17) is 16.6 Å². The summed E-state index contributed by atoms with van der Waals surface area (Å²) < 4.78 is 1.87. The van der Waals surface area contributed by atoms with Gasteiger partial charge in [-0.2, -0.15) is 0 Å². The fourth-order valence-corrected chi connectivity index (χ4v) is 3.20. The van der Waals surface area contributed by atoms with Gasteiger partial charge in [-0.3, -0.25) is 9.56 Å². The minimum absolute atomic E-state index is 0.143. The molecular weight excluding hydrogens is 324 g/mol. The van der Waals surface area contributed by atoms with E-state index in [1.54, 1.807) is 6.33 Å². The van der Waals surface area contributed by atoms with Crippen LogP contribution in [0.15, 0.2) is 53.8 Å². The van der Waals surface area contributed by atoms with Crippen LogP contribution in [0.2, 0.25) is 5.02 Å². The molecular formula is C18H15ClN4O. The molecule has 2 heterocycles. The second kappa shape index (κ2) is 5.85. The van der Waals surface area contributed by atoms with E-state index in [9.17, 15) is 5.11 Å². The van der Waals surface area contributed by atoms with Gasteiger partial charge in [-0.25, -0.2) is 0 Å². The summed E-state index contributed by atoms with van der Waals surface area (Å²) in [5.41, 5.74) is 4.56. The van der Waals surface area contributed by atoms with Crippen molar-refractivity contribution in [3.05, 3.63) is 76.3 Å². The highest BCUT2D eigenvalue weighted by Crippen LogP contribution is 2.33. The molecule has 0 bridgehead atoms. The number of fused-ring (bicyclic) bond motifs is 3. The van der Waals surface area contributed by atoms with E-state index in [-0.39, 0.29) is 6.61 Å². The first-order valence-corrected chi connectivity index (χ1v) is 8.02. The van der Waals surface area contributed by atoms with Crippen LogP contribution in [-0.2, 0) is 0 Å². The summed E-state index contributed by atoms with van der Waals surface area (Å²) >= 11 is 6.38. The predicted molar refractivity (Wildman–Crippen MR) is 93.0 cm³/mol. The molecule has 1 aliphatic rings. The van der Waals surface area contributed by atoms with Crippen LogP contribution >= 0.6 is 11.6 Å². The highest BCUT2D eigenvalue weighted by molar-refractivity contribution is 6.32. The molecule has 5 nitrogen and oxygen atoms in total. The molecule has 1 aromatic heterocycles. The maximum absolute atomic E-state index is 9.83. The first-order valence-electron chi connectivity index (χ1n) is 7.64. The summed E-state index contributed by atoms with van der Waals surface area (Å²) in [5, 5.41) is 18.7. The van der Waals surface area contributed by atoms with Crippen molar-refractivity contribution < 1.29 is 5.11 Å². The van der Waals surface area contributed by atoms with Gasteiger partial charge in [0.05, 0.1) is 18.0 Å². The van der Waals surface area contributed by atoms with Gasteiger partial charge < -0.3 is 5.11 Å². The van der Waals surface area contributed by atoms with Crippen LogP contribution in [-0.4, -0.2) is 32.2 Å². The lowest BCUT2D eigenvalue weighted by Gasteiger charge is -2.15. The monoisotopic (exact) mass is 338 g/mol. The predicted octanol–water partition coefficient (Wildman–Crippen LogP) is 3.11. The van der Waals surface area contributed by atoms with Crippen LogP contribution in [0.5, 0.6) is 0 Å². The molecule has 1 aliphatic heterocycles. The van der Waals surface area contributed by atoms with Gasteiger partial charge in [0.15, 0.2) is 5.82 Å². The van der Waals surface area contributed by atoms with Crippen molar-refractivity contribution in [1.82, 2.24) is 14.8 Å². The molecule has 120 valence electrons. The Kier molecular flexibility index (Phi) is 3.67. The van der Waals surface area contributed by atoms with Gasteiger partial charge in [0.2, 0.25) is 0 Å². The highest BCUT2D eigenvalue weighted by Gasteiger charge is 2.27. The lowest BCUT2D eigenvalue weighted by Crippen LogP contribution is -2.10. The molecule has 24 heavy (non-hydrogen) atoms. The Balaban J connectivity index is 2.08. The fraction of sp³-hybridized carbons (Fsp3) is 0.167. The van der Waals surface area contributed by atoms with E-state index in [0.717, 1.165) is 28.1 Å². The quantitative estimate of drug-likeness (QED) is 0.781. The standard InChI is InChI=1S/C18H15ClN4O/c1-11-13(19)7-8-15-16(11)17(12-5-3-2-4-6-12)21-14(9-24)18-22-20-10-23(15)18/h2-8,10,14,24H,9H2,1H3. The number of halogens is 1. The molecule has 0 spiro atoms. The average molecular weight is 339 g/mol. The van der Waals surface area contributed by atoms with Gasteiger partial charge >= 0.3 is 0 Å². The van der Waals surface area contributed by atoms with Gasteiger partial charge in [-0.1, -0.05) is 41.9 Å². The molecule has 0 radical (unpaired) electrons. The van der Waals surface area contributed by atoms with Gasteiger partial charge in [-0.15, -0.1) is 10.2 Å². The number of aliphatic imine (C=N–C) groups is 1. The smallest absolute Gasteiger partial charge is 0.164 e. The lowest BCUT2D eigenvalue weighted by atomic mass is 9.96. The Morgan fingerprint density at radius 3 is 2.71 bits per heavy atom. The minimum atomic E-state index is -0.478. The lowest BCUT2D eigenvalue weighted by molar-refractivity contribution is 0.263. The van der Waals surface area contributed by atoms with Crippen molar-refractivity contribution in [2.24, 2.45) is 4.99 Å². The first-order chi connectivity index (χ1) is 11.7. The van der Waals surface area contributed by atoms with E-state index in [2.05, 4.69) is 10.2 Å². The molecule has 4 rings (SSSR count). The van der Waals surface area contributed by atoms with Gasteiger partial charge in [-0.05, 0) is 24.6 Å². The van der Waals surface area contributed by atoms with Gasteiger partial charge in [0.25, 0.3) is 0 Å². The Morgan fingerprint density at radius 1 is 1.17 bits per heavy atom. The summed E-state index contributed by atoms with van der Waals surface area (Å²) in [7, 11) is 0. The maximum atomic E-state index is 9.83. The zero-order valence-electron chi connectivity index (χ0n) is 13.0. The van der Waals surface area contributed by atoms with Crippen molar-refractivity contribution in [1.29, 1.82) is 0 Å². The van der Waals surface area contributed by atoms with E-state index in [1.807, 2.05) is 54.0 Å². The van der Waals surface area contributed by atoms with Crippen molar-refractivity contribution in [2.45, 2.75) is 13.0 Å². The molecule has 3 aromatic rings. The second-order valence-corrected chi connectivity index (χ2v) is 6.07. The van der Waals surface area contributed by atoms with Gasteiger partial charge in [0.1, 0.15) is 12.4 Å². The normalized spacial score (nSPS) is 16.1. The van der Waals surface area contributed by atoms with Crippen molar-refractivity contribution in [2.75, 3.05) is 6.61 Å². The van der Waals surface area contributed by atoms with E-state index in [0.29, 0.717) is 10.8 Å². The third kappa shape index (κ3) is 2.25. The van der Waals surface area contributed by atoms with Crippen molar-refractivity contribution >= 4 is 17.3 Å². The Morgan fingerprint density at radius 2 is 1.96 bits per heavy atom. The number of hydrogen-bond donors (Lipinski definition) is 1. The molecule has 0 saturated heterocycles. The Hall–Kier alpha value is -2.50. The summed E-state index contributed by atoms with van der Waals surface area (Å²) in [6.07, 6.45) is 1.65. The molecule has 6 heteroatoms. The number of rotatable bonds is 2. The molecule has 0 aliphatic carbocycles. The maximum Gasteiger partial charge on any atom is 0.164 e. The Labute approximate surface area is 144 Å². The summed E-state index contributed by atoms with van der Waals surface area (Å²) in [6.45, 7) is 1.83. The molecule has 1 unspecified atom stereocenters. The fourth-order valence-electron chi connectivity index (χ4n) is 3.04. The molecule has 0 saturated carbocycles. The van der Waals surface area contributed by atoms with Crippen LogP contribution in [0.4, 0.5) is 0 Å². The molecule has 0 amide bonds. The molecule has 1 atom stereocenters. The van der Waals surface area contributed by atoms with E-state index < -0.39 is 6.04 Å². The van der Waals surface area contributed by atoms with E-state index >= 15 is 0 Å². The minimum Gasteiger partial charge on any atom is -0.394 e. The van der Waals surface area contributed by atoms with Crippen LogP contribution in [0.1, 0.15) is 28.6 Å². The molecule has 2 aromatic carbocycles. The summed E-state index contributed by atoms with van der Waals surface area (Å²) in [5.74, 6) is 0.617. The largest absolute Gasteiger partial charge is 0.394 e. The number of aliphatic hydroxyl groups excluding tert-OH is 1. The number of aliphatic hydroxyl groups is 1. The van der Waals surface area contributed by atoms with Gasteiger partial charge in [0, 0.05) is 16.1 Å².